The maximum absolute atomic E-state index is 12.5. The Labute approximate surface area is 183 Å². The van der Waals surface area contributed by atoms with Gasteiger partial charge >= 0.3 is 0 Å². The Bertz CT molecular complexity index is 1110. The van der Waals surface area contributed by atoms with Crippen LogP contribution in [0.2, 0.25) is 5.02 Å². The van der Waals surface area contributed by atoms with Crippen molar-refractivity contribution in [2.45, 2.75) is 20.8 Å². The Balaban J connectivity index is 1.85. The highest BCUT2D eigenvalue weighted by molar-refractivity contribution is 9.10. The molecule has 1 heterocycles. The molecule has 1 aromatic heterocycles. The molecule has 0 aliphatic rings. The number of carbonyl (C=O) groups excluding carboxylic acids is 1. The maximum atomic E-state index is 12.5. The first kappa shape index (κ1) is 21.1. The van der Waals surface area contributed by atoms with Crippen molar-refractivity contribution in [1.82, 2.24) is 9.99 Å². The normalized spacial score (nSPS) is 11.1. The Morgan fingerprint density at radius 3 is 2.66 bits per heavy atom. The number of aromatic nitrogens is 1. The average molecular weight is 475 g/mol. The lowest BCUT2D eigenvalue weighted by molar-refractivity contribution is 0.0952. The first-order valence-electron chi connectivity index (χ1n) is 8.94. The van der Waals surface area contributed by atoms with Crippen molar-refractivity contribution in [3.05, 3.63) is 80.0 Å². The zero-order chi connectivity index (χ0) is 21.1. The van der Waals surface area contributed by atoms with Crippen LogP contribution in [0.25, 0.3) is 5.69 Å². The van der Waals surface area contributed by atoms with E-state index in [0.29, 0.717) is 16.3 Å². The fraction of sp³-hybridized carbons (Fsp3) is 0.182. The number of nitrogens with zero attached hydrogens (tertiary/aromatic N) is 2. The topological polar surface area (TPSA) is 55.6 Å². The third-order valence-electron chi connectivity index (χ3n) is 4.66. The predicted octanol–water partition coefficient (Wildman–Crippen LogP) is 5.59. The monoisotopic (exact) mass is 473 g/mol. The predicted molar refractivity (Wildman–Crippen MR) is 121 cm³/mol. The van der Waals surface area contributed by atoms with Crippen LogP contribution in [-0.2, 0) is 0 Å². The van der Waals surface area contributed by atoms with Crippen LogP contribution in [0.4, 0.5) is 0 Å². The highest BCUT2D eigenvalue weighted by atomic mass is 79.9. The minimum absolute atomic E-state index is 0.348. The molecule has 0 fully saturated rings. The molecule has 0 atom stereocenters. The molecule has 3 rings (SSSR count). The van der Waals surface area contributed by atoms with Gasteiger partial charge in [0.15, 0.2) is 0 Å². The largest absolute Gasteiger partial charge is 0.496 e. The highest BCUT2D eigenvalue weighted by Gasteiger charge is 2.14. The zero-order valence-corrected chi connectivity index (χ0v) is 18.9. The average Bonchev–Trinajstić information content (AvgIpc) is 2.97. The van der Waals surface area contributed by atoms with Gasteiger partial charge < -0.3 is 9.30 Å². The van der Waals surface area contributed by atoms with Gasteiger partial charge in [0.1, 0.15) is 5.75 Å². The lowest BCUT2D eigenvalue weighted by Crippen LogP contribution is -2.18. The van der Waals surface area contributed by atoms with Crippen molar-refractivity contribution in [3.63, 3.8) is 0 Å². The molecule has 5 nitrogen and oxygen atoms in total. The van der Waals surface area contributed by atoms with Gasteiger partial charge in [-0.2, -0.15) is 5.10 Å². The number of methoxy groups -OCH3 is 1. The molecule has 1 amide bonds. The van der Waals surface area contributed by atoms with E-state index in [9.17, 15) is 4.79 Å². The van der Waals surface area contributed by atoms with Gasteiger partial charge in [0.25, 0.3) is 5.91 Å². The van der Waals surface area contributed by atoms with E-state index in [1.807, 2.05) is 51.1 Å². The van der Waals surface area contributed by atoms with E-state index in [2.05, 4.69) is 31.0 Å². The third-order valence-corrected chi connectivity index (χ3v) is 5.39. The molecule has 0 aliphatic carbocycles. The van der Waals surface area contributed by atoms with E-state index < -0.39 is 0 Å². The summed E-state index contributed by atoms with van der Waals surface area (Å²) in [5, 5.41) is 4.82. The summed E-state index contributed by atoms with van der Waals surface area (Å²) in [4.78, 5) is 12.5. The SMILES string of the molecule is COc1ccc(Br)cc1C(=O)N/N=C\c1cc(C)n(-c2cc(Cl)ccc2C)c1C. The Hall–Kier alpha value is -2.57. The van der Waals surface area contributed by atoms with Crippen molar-refractivity contribution < 1.29 is 9.53 Å². The lowest BCUT2D eigenvalue weighted by Gasteiger charge is -2.13. The van der Waals surface area contributed by atoms with E-state index in [4.69, 9.17) is 16.3 Å². The number of hydrazone groups is 1. The lowest BCUT2D eigenvalue weighted by atomic mass is 10.2. The molecule has 2 aromatic carbocycles. The summed E-state index contributed by atoms with van der Waals surface area (Å²) in [6, 6.07) is 13.1. The quantitative estimate of drug-likeness (QED) is 0.387. The number of rotatable bonds is 5. The molecular weight excluding hydrogens is 454 g/mol. The summed E-state index contributed by atoms with van der Waals surface area (Å²) >= 11 is 9.56. The number of ether oxygens (including phenoxy) is 1. The van der Waals surface area contributed by atoms with Crippen molar-refractivity contribution in [1.29, 1.82) is 0 Å². The van der Waals surface area contributed by atoms with E-state index in [0.717, 1.165) is 32.7 Å². The summed E-state index contributed by atoms with van der Waals surface area (Å²) in [5.41, 5.74) is 8.07. The summed E-state index contributed by atoms with van der Waals surface area (Å²) in [7, 11) is 1.52. The standard InChI is InChI=1S/C22H21BrClN3O2/c1-13-5-7-18(24)11-20(13)27-14(2)9-16(15(27)3)12-25-26-22(28)19-10-17(23)6-8-21(19)29-4/h5-12H,1-4H3,(H,26,28)/b25-12-. The van der Waals surface area contributed by atoms with Gasteiger partial charge in [-0.3, -0.25) is 4.79 Å². The minimum Gasteiger partial charge on any atom is -0.496 e. The van der Waals surface area contributed by atoms with Gasteiger partial charge in [-0.25, -0.2) is 5.43 Å². The fourth-order valence-corrected chi connectivity index (χ4v) is 3.72. The smallest absolute Gasteiger partial charge is 0.275 e. The number of aryl methyl sites for hydroxylation is 2. The van der Waals surface area contributed by atoms with Crippen molar-refractivity contribution >= 4 is 39.7 Å². The van der Waals surface area contributed by atoms with Crippen LogP contribution in [0.5, 0.6) is 5.75 Å². The third kappa shape index (κ3) is 4.54. The molecule has 0 unspecified atom stereocenters. The van der Waals surface area contributed by atoms with Gasteiger partial charge in [-0.05, 0) is 62.7 Å². The minimum atomic E-state index is -0.348. The van der Waals surface area contributed by atoms with Crippen molar-refractivity contribution in [2.75, 3.05) is 7.11 Å². The molecule has 0 saturated carbocycles. The summed E-state index contributed by atoms with van der Waals surface area (Å²) in [5.74, 6) is 0.134. The number of hydrogen-bond donors (Lipinski definition) is 1. The van der Waals surface area contributed by atoms with Crippen LogP contribution in [0.1, 0.15) is 32.9 Å². The van der Waals surface area contributed by atoms with Gasteiger partial charge in [0, 0.05) is 32.1 Å². The molecule has 7 heteroatoms. The van der Waals surface area contributed by atoms with Gasteiger partial charge in [-0.1, -0.05) is 33.6 Å². The van der Waals surface area contributed by atoms with E-state index in [1.165, 1.54) is 7.11 Å². The zero-order valence-electron chi connectivity index (χ0n) is 16.6. The summed E-state index contributed by atoms with van der Waals surface area (Å²) < 4.78 is 8.16. The second-order valence-electron chi connectivity index (χ2n) is 6.64. The van der Waals surface area contributed by atoms with E-state index >= 15 is 0 Å². The molecule has 0 spiro atoms. The highest BCUT2D eigenvalue weighted by Crippen LogP contribution is 2.25. The van der Waals surface area contributed by atoms with E-state index in [1.54, 1.807) is 18.3 Å². The Kier molecular flexibility index (Phi) is 6.45. The van der Waals surface area contributed by atoms with E-state index in [-0.39, 0.29) is 5.91 Å². The van der Waals surface area contributed by atoms with Gasteiger partial charge in [0.05, 0.1) is 18.9 Å². The van der Waals surface area contributed by atoms with Crippen LogP contribution in [-0.4, -0.2) is 23.8 Å². The second kappa shape index (κ2) is 8.84. The number of amides is 1. The number of nitrogens with one attached hydrogen (secondary N) is 1. The molecule has 3 aromatic rings. The molecule has 0 saturated heterocycles. The molecule has 0 aliphatic heterocycles. The number of halogens is 2. The first-order valence-corrected chi connectivity index (χ1v) is 10.1. The van der Waals surface area contributed by atoms with Crippen molar-refractivity contribution in [2.24, 2.45) is 5.10 Å². The molecule has 29 heavy (non-hydrogen) atoms. The van der Waals surface area contributed by atoms with Crippen LogP contribution in [0.3, 0.4) is 0 Å². The van der Waals surface area contributed by atoms with Crippen LogP contribution < -0.4 is 10.2 Å². The summed E-state index contributed by atoms with van der Waals surface area (Å²) in [6.07, 6.45) is 1.64. The number of benzene rings is 2. The molecule has 0 radical (unpaired) electrons. The molecule has 150 valence electrons. The Morgan fingerprint density at radius 2 is 1.93 bits per heavy atom. The fourth-order valence-electron chi connectivity index (χ4n) is 3.19. The molecule has 0 bridgehead atoms. The van der Waals surface area contributed by atoms with Crippen LogP contribution in [0.15, 0.2) is 52.0 Å². The Morgan fingerprint density at radius 1 is 1.17 bits per heavy atom. The first-order chi connectivity index (χ1) is 13.8. The second-order valence-corrected chi connectivity index (χ2v) is 7.99. The molecule has 1 N–H and O–H groups in total. The summed E-state index contributed by atoms with van der Waals surface area (Å²) in [6.45, 7) is 6.08. The van der Waals surface area contributed by atoms with Crippen LogP contribution in [0, 0.1) is 20.8 Å². The van der Waals surface area contributed by atoms with Crippen LogP contribution >= 0.6 is 27.5 Å². The van der Waals surface area contributed by atoms with Gasteiger partial charge in [-0.15, -0.1) is 0 Å². The maximum Gasteiger partial charge on any atom is 0.275 e. The molecular formula is C22H21BrClN3O2. The van der Waals surface area contributed by atoms with Gasteiger partial charge in [0.2, 0.25) is 0 Å². The number of hydrogen-bond acceptors (Lipinski definition) is 3. The van der Waals surface area contributed by atoms with Crippen molar-refractivity contribution in [3.8, 4) is 11.4 Å². The number of carbonyl (C=O) groups is 1.